The lowest BCUT2D eigenvalue weighted by atomic mass is 9.48. The van der Waals surface area contributed by atoms with Gasteiger partial charge in [-0.15, -0.1) is 0 Å². The average molecular weight is 594 g/mol. The van der Waals surface area contributed by atoms with Gasteiger partial charge in [0.1, 0.15) is 0 Å². The summed E-state index contributed by atoms with van der Waals surface area (Å²) in [5.74, 6) is 1.12. The van der Waals surface area contributed by atoms with Crippen LogP contribution in [0, 0.1) is 28.1 Å². The highest BCUT2D eigenvalue weighted by atomic mass is 16.5. The Kier molecular flexibility index (Phi) is 21.0. The van der Waals surface area contributed by atoms with Crippen LogP contribution in [0.25, 0.3) is 0 Å². The molecule has 4 unspecified atom stereocenters. The van der Waals surface area contributed by atoms with E-state index in [4.69, 9.17) is 14.6 Å². The lowest BCUT2D eigenvalue weighted by Crippen LogP contribution is -2.50. The Morgan fingerprint density at radius 1 is 0.905 bits per heavy atom. The zero-order chi connectivity index (χ0) is 30.8. The molecule has 246 valence electrons. The van der Waals surface area contributed by atoms with Crippen molar-refractivity contribution in [1.82, 2.24) is 4.90 Å². The molecule has 2 rings (SSSR count). The molecule has 2 radical (unpaired) electrons. The second-order valence-electron chi connectivity index (χ2n) is 14.4. The lowest BCUT2D eigenvalue weighted by molar-refractivity contribution is -0.155. The standard InChI is InChI=1S/C34H65NO3.CH2O2.BH/c1-7-11-13-17-29(18-14-12-8-2)21-31(37)38-28-33(6)23-30-22-32(5,25-34(24-30,26-33)27-36)19-15-16-20-35(9-3)10-4;2-1-3;/h29-30,36H,7-28H2,1-6H3;1H,(H,2,3);1H. The molecule has 0 amide bonds. The second-order valence-corrected chi connectivity index (χ2v) is 14.4. The minimum absolute atomic E-state index is 0. The first kappa shape index (κ1) is 40.9. The van der Waals surface area contributed by atoms with Gasteiger partial charge >= 0.3 is 5.97 Å². The Labute approximate surface area is 261 Å². The van der Waals surface area contributed by atoms with E-state index in [2.05, 4.69) is 46.4 Å². The third-order valence-electron chi connectivity index (χ3n) is 10.1. The summed E-state index contributed by atoms with van der Waals surface area (Å²) in [7, 11) is 0. The van der Waals surface area contributed by atoms with E-state index in [1.165, 1.54) is 70.8 Å². The van der Waals surface area contributed by atoms with Crippen LogP contribution in [-0.4, -0.2) is 68.8 Å². The Morgan fingerprint density at radius 3 is 1.98 bits per heavy atom. The van der Waals surface area contributed by atoms with Crippen LogP contribution >= 0.6 is 0 Å². The molecular formula is C35H68BNO5. The van der Waals surface area contributed by atoms with Gasteiger partial charge in [-0.05, 0) is 100 Å². The predicted molar refractivity (Wildman–Crippen MR) is 177 cm³/mol. The van der Waals surface area contributed by atoms with Crippen molar-refractivity contribution in [2.45, 2.75) is 151 Å². The third-order valence-corrected chi connectivity index (χ3v) is 10.1. The van der Waals surface area contributed by atoms with Crippen LogP contribution in [0.3, 0.4) is 0 Å². The molecule has 0 aromatic heterocycles. The quantitative estimate of drug-likeness (QED) is 0.0647. The normalized spacial score (nSPS) is 26.7. The van der Waals surface area contributed by atoms with Crippen molar-refractivity contribution in [1.29, 1.82) is 0 Å². The van der Waals surface area contributed by atoms with E-state index >= 15 is 0 Å². The Balaban J connectivity index is 0.00000402. The van der Waals surface area contributed by atoms with E-state index in [9.17, 15) is 9.90 Å². The first-order valence-electron chi connectivity index (χ1n) is 17.1. The molecule has 7 heteroatoms. The molecule has 2 saturated carbocycles. The summed E-state index contributed by atoms with van der Waals surface area (Å²) < 4.78 is 6.03. The molecule has 2 N–H and O–H groups in total. The number of fused-ring (bicyclic) bond motifs is 2. The number of hydrogen-bond acceptors (Lipinski definition) is 5. The summed E-state index contributed by atoms with van der Waals surface area (Å²) in [6, 6.07) is 0. The number of carbonyl (C=O) groups is 2. The molecule has 0 saturated heterocycles. The van der Waals surface area contributed by atoms with E-state index in [0.29, 0.717) is 30.3 Å². The smallest absolute Gasteiger partial charge is 0.306 e. The zero-order valence-electron chi connectivity index (χ0n) is 28.6. The minimum Gasteiger partial charge on any atom is -0.483 e. The molecule has 0 spiro atoms. The molecule has 2 bridgehead atoms. The van der Waals surface area contributed by atoms with Crippen LogP contribution in [-0.2, 0) is 14.3 Å². The average Bonchev–Trinajstić information content (AvgIpc) is 2.92. The number of unbranched alkanes of at least 4 members (excludes halogenated alkanes) is 5. The van der Waals surface area contributed by atoms with Crippen LogP contribution in [0.15, 0.2) is 0 Å². The molecule has 0 aliphatic heterocycles. The van der Waals surface area contributed by atoms with Gasteiger partial charge in [0, 0.05) is 26.9 Å². The molecule has 2 fully saturated rings. The van der Waals surface area contributed by atoms with E-state index < -0.39 is 0 Å². The fourth-order valence-electron chi connectivity index (χ4n) is 8.55. The summed E-state index contributed by atoms with van der Waals surface area (Å²) >= 11 is 0. The van der Waals surface area contributed by atoms with Gasteiger partial charge in [0.25, 0.3) is 6.47 Å². The van der Waals surface area contributed by atoms with Crippen molar-refractivity contribution in [3.05, 3.63) is 0 Å². The number of nitrogens with zero attached hydrogens (tertiary/aromatic N) is 1. The van der Waals surface area contributed by atoms with Crippen LogP contribution in [0.5, 0.6) is 0 Å². The largest absolute Gasteiger partial charge is 0.483 e. The van der Waals surface area contributed by atoms with Gasteiger partial charge in [-0.25, -0.2) is 0 Å². The highest BCUT2D eigenvalue weighted by Crippen LogP contribution is 2.61. The molecule has 0 heterocycles. The number of aliphatic hydroxyl groups is 1. The van der Waals surface area contributed by atoms with Crippen LogP contribution < -0.4 is 0 Å². The number of carbonyl (C=O) groups excluding carboxylic acids is 1. The van der Waals surface area contributed by atoms with Crippen molar-refractivity contribution in [2.75, 3.05) is 32.8 Å². The number of esters is 1. The van der Waals surface area contributed by atoms with Crippen LogP contribution in [0.4, 0.5) is 0 Å². The first-order chi connectivity index (χ1) is 19.6. The summed E-state index contributed by atoms with van der Waals surface area (Å²) in [5.41, 5.74) is 0.321. The van der Waals surface area contributed by atoms with Crippen molar-refractivity contribution >= 4 is 20.9 Å². The zero-order valence-corrected chi connectivity index (χ0v) is 28.6. The summed E-state index contributed by atoms with van der Waals surface area (Å²) in [4.78, 5) is 23.9. The maximum absolute atomic E-state index is 13.0. The summed E-state index contributed by atoms with van der Waals surface area (Å²) in [6.45, 7) is 17.9. The van der Waals surface area contributed by atoms with Gasteiger partial charge in [0.15, 0.2) is 0 Å². The highest BCUT2D eigenvalue weighted by Gasteiger charge is 2.53. The first-order valence-corrected chi connectivity index (χ1v) is 17.1. The fourth-order valence-corrected chi connectivity index (χ4v) is 8.55. The summed E-state index contributed by atoms with van der Waals surface area (Å²) in [6.07, 6.45) is 19.8. The van der Waals surface area contributed by atoms with Crippen molar-refractivity contribution in [3.63, 3.8) is 0 Å². The molecule has 6 nitrogen and oxygen atoms in total. The monoisotopic (exact) mass is 594 g/mol. The number of ether oxygens (including phenoxy) is 1. The number of hydrogen-bond donors (Lipinski definition) is 2. The van der Waals surface area contributed by atoms with Gasteiger partial charge < -0.3 is 19.8 Å². The van der Waals surface area contributed by atoms with Crippen LogP contribution in [0.1, 0.15) is 151 Å². The highest BCUT2D eigenvalue weighted by molar-refractivity contribution is 5.75. The maximum atomic E-state index is 13.0. The van der Waals surface area contributed by atoms with E-state index in [1.807, 2.05) is 0 Å². The van der Waals surface area contributed by atoms with E-state index in [0.717, 1.165) is 51.6 Å². The van der Waals surface area contributed by atoms with Gasteiger partial charge in [-0.1, -0.05) is 86.5 Å². The van der Waals surface area contributed by atoms with Crippen molar-refractivity contribution in [2.24, 2.45) is 28.1 Å². The summed E-state index contributed by atoms with van der Waals surface area (Å²) in [5, 5.41) is 17.5. The van der Waals surface area contributed by atoms with Crippen LogP contribution in [0.2, 0.25) is 0 Å². The van der Waals surface area contributed by atoms with E-state index in [-0.39, 0.29) is 38.3 Å². The molecule has 2 aliphatic carbocycles. The van der Waals surface area contributed by atoms with Crippen molar-refractivity contribution < 1.29 is 24.5 Å². The number of carboxylic acid groups (broad SMARTS) is 1. The van der Waals surface area contributed by atoms with Gasteiger partial charge in [-0.2, -0.15) is 0 Å². The van der Waals surface area contributed by atoms with Gasteiger partial charge in [0.2, 0.25) is 0 Å². The second kappa shape index (κ2) is 21.6. The Morgan fingerprint density at radius 2 is 1.45 bits per heavy atom. The van der Waals surface area contributed by atoms with Gasteiger partial charge in [-0.3, -0.25) is 9.59 Å². The minimum atomic E-state index is -0.250. The molecule has 2 aliphatic rings. The predicted octanol–water partition coefficient (Wildman–Crippen LogP) is 7.85. The molecule has 0 aromatic rings. The number of rotatable bonds is 20. The van der Waals surface area contributed by atoms with E-state index in [1.54, 1.807) is 0 Å². The lowest BCUT2D eigenvalue weighted by Gasteiger charge is -2.57. The molecular weight excluding hydrogens is 525 g/mol. The SMILES string of the molecule is CCCCCC(CCCCC)CC(=O)OCC1(C)CC2CC(C)(CCCCN(CC)CC)CC(CO)(C2)C1.O=CO.[BH]. The maximum Gasteiger partial charge on any atom is 0.306 e. The Hall–Kier alpha value is -1.08. The Bertz CT molecular complexity index is 709. The fraction of sp³-hybridized carbons (Fsp3) is 0.943. The topological polar surface area (TPSA) is 87.1 Å². The van der Waals surface area contributed by atoms with Gasteiger partial charge in [0.05, 0.1) is 6.61 Å². The molecule has 0 aromatic carbocycles. The van der Waals surface area contributed by atoms with Crippen molar-refractivity contribution in [3.8, 4) is 0 Å². The molecule has 42 heavy (non-hydrogen) atoms. The number of aliphatic hydroxyl groups excluding tert-OH is 1. The molecule has 4 atom stereocenters. The third kappa shape index (κ3) is 15.1.